The van der Waals surface area contributed by atoms with Crippen LogP contribution in [0.2, 0.25) is 0 Å². The first-order chi connectivity index (χ1) is 10.9. The Morgan fingerprint density at radius 1 is 1.22 bits per heavy atom. The van der Waals surface area contributed by atoms with E-state index in [-0.39, 0.29) is 11.4 Å². The summed E-state index contributed by atoms with van der Waals surface area (Å²) in [5, 5.41) is 5.16. The van der Waals surface area contributed by atoms with Gasteiger partial charge in [-0.15, -0.1) is 23.1 Å². The van der Waals surface area contributed by atoms with E-state index in [9.17, 15) is 18.0 Å². The Kier molecular flexibility index (Phi) is 4.54. The molecule has 122 valence electrons. The van der Waals surface area contributed by atoms with Gasteiger partial charge >= 0.3 is 12.2 Å². The van der Waals surface area contributed by atoms with Crippen LogP contribution in [-0.2, 0) is 6.18 Å². The van der Waals surface area contributed by atoms with Gasteiger partial charge in [-0.25, -0.2) is 4.79 Å². The number of thiophene rings is 1. The van der Waals surface area contributed by atoms with Crippen LogP contribution in [0.5, 0.6) is 0 Å². The van der Waals surface area contributed by atoms with Crippen LogP contribution in [0.15, 0.2) is 41.8 Å². The monoisotopic (exact) mass is 358 g/mol. The third-order valence-corrected chi connectivity index (χ3v) is 5.47. The number of nitrogens with zero attached hydrogens (tertiary/aromatic N) is 1. The topological polar surface area (TPSA) is 32.3 Å². The van der Waals surface area contributed by atoms with Crippen LogP contribution in [0.1, 0.15) is 16.5 Å². The second kappa shape index (κ2) is 6.45. The maximum absolute atomic E-state index is 12.6. The van der Waals surface area contributed by atoms with Crippen LogP contribution < -0.4 is 5.32 Å². The average Bonchev–Trinajstić information content (AvgIpc) is 3.17. The molecule has 2 heterocycles. The Balaban J connectivity index is 1.74. The van der Waals surface area contributed by atoms with E-state index in [1.807, 2.05) is 11.4 Å². The van der Waals surface area contributed by atoms with Crippen molar-refractivity contribution in [3.05, 3.63) is 52.9 Å². The Hall–Kier alpha value is -1.67. The van der Waals surface area contributed by atoms with Gasteiger partial charge in [0.15, 0.2) is 0 Å². The molecule has 1 atom stereocenters. The molecule has 1 N–H and O–H groups in total. The summed E-state index contributed by atoms with van der Waals surface area (Å²) in [5.74, 6) is 0.754. The number of hydrogen-bond acceptors (Lipinski definition) is 3. The molecule has 1 saturated heterocycles. The van der Waals surface area contributed by atoms with Gasteiger partial charge in [0.2, 0.25) is 0 Å². The first-order valence-corrected chi connectivity index (χ1v) is 8.78. The molecule has 3 rings (SSSR count). The number of rotatable bonds is 2. The second-order valence-electron chi connectivity index (χ2n) is 4.94. The number of urea groups is 1. The van der Waals surface area contributed by atoms with Gasteiger partial charge in [0.1, 0.15) is 5.37 Å². The molecule has 23 heavy (non-hydrogen) atoms. The third kappa shape index (κ3) is 3.64. The lowest BCUT2D eigenvalue weighted by atomic mass is 10.1. The molecule has 0 spiro atoms. The molecule has 0 bridgehead atoms. The number of carbonyl (C=O) groups excluding carboxylic acids is 1. The summed E-state index contributed by atoms with van der Waals surface area (Å²) in [4.78, 5) is 14.0. The Labute approximate surface area is 139 Å². The van der Waals surface area contributed by atoms with Crippen molar-refractivity contribution < 1.29 is 18.0 Å². The minimum absolute atomic E-state index is 0.234. The minimum Gasteiger partial charge on any atom is -0.308 e. The number of halogens is 3. The molecule has 1 aliphatic rings. The first-order valence-electron chi connectivity index (χ1n) is 6.85. The summed E-state index contributed by atoms with van der Waals surface area (Å²) >= 11 is 2.97. The molecule has 8 heteroatoms. The molecule has 1 unspecified atom stereocenters. The van der Waals surface area contributed by atoms with E-state index in [4.69, 9.17) is 0 Å². The van der Waals surface area contributed by atoms with E-state index in [1.165, 1.54) is 23.5 Å². The molecular formula is C15H13F3N2OS2. The smallest absolute Gasteiger partial charge is 0.308 e. The van der Waals surface area contributed by atoms with Crippen molar-refractivity contribution >= 4 is 34.1 Å². The van der Waals surface area contributed by atoms with Gasteiger partial charge in [-0.1, -0.05) is 12.1 Å². The third-order valence-electron chi connectivity index (χ3n) is 3.43. The normalized spacial score (nSPS) is 18.2. The zero-order chi connectivity index (χ0) is 16.4. The Morgan fingerprint density at radius 3 is 2.57 bits per heavy atom. The van der Waals surface area contributed by atoms with E-state index in [0.717, 1.165) is 22.9 Å². The molecule has 1 aromatic heterocycles. The second-order valence-corrected chi connectivity index (χ2v) is 7.08. The summed E-state index contributed by atoms with van der Waals surface area (Å²) in [5.41, 5.74) is 0.0145. The number of amides is 2. The van der Waals surface area contributed by atoms with Crippen LogP contribution in [0.3, 0.4) is 0 Å². The number of benzene rings is 1. The van der Waals surface area contributed by atoms with Crippen LogP contribution in [0.4, 0.5) is 23.0 Å². The lowest BCUT2D eigenvalue weighted by Gasteiger charge is -2.24. The zero-order valence-corrected chi connectivity index (χ0v) is 13.5. The average molecular weight is 358 g/mol. The lowest BCUT2D eigenvalue weighted by molar-refractivity contribution is -0.137. The number of carbonyl (C=O) groups is 1. The summed E-state index contributed by atoms with van der Waals surface area (Å²) in [6.07, 6.45) is -4.35. The lowest BCUT2D eigenvalue weighted by Crippen LogP contribution is -2.34. The molecule has 2 amide bonds. The van der Waals surface area contributed by atoms with Crippen molar-refractivity contribution in [3.8, 4) is 0 Å². The standard InChI is InChI=1S/C15H13F3N2OS2/c16-15(17,18)11-5-3-10(4-6-11)13-20(7-9-23-13)14(21)19-12-2-1-8-22-12/h1-6,8,13H,7,9H2,(H,19,21). The van der Waals surface area contributed by atoms with Crippen molar-refractivity contribution in [2.24, 2.45) is 0 Å². The van der Waals surface area contributed by atoms with E-state index < -0.39 is 11.7 Å². The number of thioether (sulfide) groups is 1. The van der Waals surface area contributed by atoms with Gasteiger partial charge in [-0.2, -0.15) is 13.2 Å². The highest BCUT2D eigenvalue weighted by atomic mass is 32.2. The summed E-state index contributed by atoms with van der Waals surface area (Å²) in [7, 11) is 0. The quantitative estimate of drug-likeness (QED) is 0.815. The fourth-order valence-electron chi connectivity index (χ4n) is 2.32. The molecule has 2 aromatic rings. The molecule has 0 radical (unpaired) electrons. The van der Waals surface area contributed by atoms with Crippen LogP contribution in [0, 0.1) is 0 Å². The van der Waals surface area contributed by atoms with Crippen LogP contribution in [-0.4, -0.2) is 23.2 Å². The summed E-state index contributed by atoms with van der Waals surface area (Å²) in [6.45, 7) is 0.563. The maximum atomic E-state index is 12.6. The fraction of sp³-hybridized carbons (Fsp3) is 0.267. The molecule has 0 saturated carbocycles. The van der Waals surface area contributed by atoms with Crippen molar-refractivity contribution in [1.82, 2.24) is 4.90 Å². The fourth-order valence-corrected chi connectivity index (χ4v) is 4.18. The summed E-state index contributed by atoms with van der Waals surface area (Å²) in [6, 6.07) is 8.41. The van der Waals surface area contributed by atoms with Crippen molar-refractivity contribution in [2.75, 3.05) is 17.6 Å². The van der Waals surface area contributed by atoms with Crippen LogP contribution in [0.25, 0.3) is 0 Å². The highest BCUT2D eigenvalue weighted by molar-refractivity contribution is 7.99. The highest BCUT2D eigenvalue weighted by Gasteiger charge is 2.33. The van der Waals surface area contributed by atoms with Crippen molar-refractivity contribution in [3.63, 3.8) is 0 Å². The molecule has 3 nitrogen and oxygen atoms in total. The predicted octanol–water partition coefficient (Wildman–Crippen LogP) is 5.05. The number of hydrogen-bond donors (Lipinski definition) is 1. The summed E-state index contributed by atoms with van der Waals surface area (Å²) < 4.78 is 37.9. The van der Waals surface area contributed by atoms with Gasteiger partial charge in [-0.3, -0.25) is 5.32 Å². The van der Waals surface area contributed by atoms with Gasteiger partial charge in [0, 0.05) is 12.3 Å². The zero-order valence-electron chi connectivity index (χ0n) is 11.8. The maximum Gasteiger partial charge on any atom is 0.416 e. The predicted molar refractivity (Wildman–Crippen MR) is 86.7 cm³/mol. The SMILES string of the molecule is O=C(Nc1cccs1)N1CCSC1c1ccc(C(F)(F)F)cc1. The van der Waals surface area contributed by atoms with Crippen molar-refractivity contribution in [2.45, 2.75) is 11.6 Å². The Morgan fingerprint density at radius 2 is 1.96 bits per heavy atom. The minimum atomic E-state index is -4.35. The van der Waals surface area contributed by atoms with Gasteiger partial charge in [-0.05, 0) is 35.2 Å². The van der Waals surface area contributed by atoms with Gasteiger partial charge < -0.3 is 4.90 Å². The highest BCUT2D eigenvalue weighted by Crippen LogP contribution is 2.39. The van der Waals surface area contributed by atoms with Gasteiger partial charge in [0.25, 0.3) is 0 Å². The van der Waals surface area contributed by atoms with E-state index in [1.54, 1.807) is 22.7 Å². The first kappa shape index (κ1) is 16.2. The molecule has 1 aliphatic heterocycles. The number of alkyl halides is 3. The van der Waals surface area contributed by atoms with E-state index >= 15 is 0 Å². The van der Waals surface area contributed by atoms with Gasteiger partial charge in [0.05, 0.1) is 10.6 Å². The molecule has 1 aromatic carbocycles. The van der Waals surface area contributed by atoms with E-state index in [2.05, 4.69) is 5.32 Å². The molecular weight excluding hydrogens is 345 g/mol. The number of nitrogens with one attached hydrogen (secondary N) is 1. The largest absolute Gasteiger partial charge is 0.416 e. The molecule has 1 fully saturated rings. The number of anilines is 1. The molecule has 0 aliphatic carbocycles. The van der Waals surface area contributed by atoms with E-state index in [0.29, 0.717) is 12.1 Å². The Bertz CT molecular complexity index is 671. The van der Waals surface area contributed by atoms with Crippen molar-refractivity contribution in [1.29, 1.82) is 0 Å². The van der Waals surface area contributed by atoms with Crippen LogP contribution >= 0.6 is 23.1 Å².